The highest BCUT2D eigenvalue weighted by atomic mass is 16.6. The molecular weight excluding hydrogens is 430 g/mol. The molecule has 1 heterocycles. The fourth-order valence-electron chi connectivity index (χ4n) is 3.88. The zero-order valence-electron chi connectivity index (χ0n) is 18.0. The van der Waals surface area contributed by atoms with Crippen molar-refractivity contribution in [2.75, 3.05) is 0 Å². The predicted molar refractivity (Wildman–Crippen MR) is 131 cm³/mol. The lowest BCUT2D eigenvalue weighted by Gasteiger charge is -2.07. The summed E-state index contributed by atoms with van der Waals surface area (Å²) in [6.45, 7) is 0.385. The Bertz CT molecular complexity index is 1500. The van der Waals surface area contributed by atoms with Gasteiger partial charge in [0.05, 0.1) is 17.7 Å². The van der Waals surface area contributed by atoms with E-state index in [0.717, 1.165) is 32.7 Å². The summed E-state index contributed by atoms with van der Waals surface area (Å²) < 4.78 is 1.60. The molecule has 34 heavy (non-hydrogen) atoms. The molecule has 0 fully saturated rings. The van der Waals surface area contributed by atoms with Gasteiger partial charge in [-0.1, -0.05) is 60.7 Å². The van der Waals surface area contributed by atoms with Crippen molar-refractivity contribution in [1.82, 2.24) is 15.2 Å². The van der Waals surface area contributed by atoms with Crippen LogP contribution in [0.4, 0.5) is 5.69 Å². The second kappa shape index (κ2) is 8.95. The Hall–Kier alpha value is -4.85. The normalized spacial score (nSPS) is 11.3. The lowest BCUT2D eigenvalue weighted by atomic mass is 9.97. The SMILES string of the molecule is O=C(N/N=C/c1c2ccccc2cc2ccccc12)c1ccn(Cc2ccc([N+](=O)[O-])cc2)n1. The van der Waals surface area contributed by atoms with Gasteiger partial charge in [0.1, 0.15) is 0 Å². The van der Waals surface area contributed by atoms with Crippen molar-refractivity contribution in [3.05, 3.63) is 118 Å². The lowest BCUT2D eigenvalue weighted by Crippen LogP contribution is -2.18. The molecule has 0 aliphatic carbocycles. The summed E-state index contributed by atoms with van der Waals surface area (Å²) in [5.41, 5.74) is 4.57. The van der Waals surface area contributed by atoms with E-state index in [2.05, 4.69) is 33.8 Å². The Morgan fingerprint density at radius 3 is 2.26 bits per heavy atom. The molecule has 0 saturated heterocycles. The fourth-order valence-corrected chi connectivity index (χ4v) is 3.88. The lowest BCUT2D eigenvalue weighted by molar-refractivity contribution is -0.384. The van der Waals surface area contributed by atoms with Crippen LogP contribution in [-0.4, -0.2) is 26.8 Å². The van der Waals surface area contributed by atoms with E-state index in [9.17, 15) is 14.9 Å². The molecule has 0 saturated carbocycles. The summed E-state index contributed by atoms with van der Waals surface area (Å²) in [6, 6.07) is 26.1. The molecule has 0 radical (unpaired) electrons. The Balaban J connectivity index is 1.32. The fraction of sp³-hybridized carbons (Fsp3) is 0.0385. The van der Waals surface area contributed by atoms with Crippen LogP contribution < -0.4 is 5.43 Å². The van der Waals surface area contributed by atoms with Crippen molar-refractivity contribution in [3.8, 4) is 0 Å². The van der Waals surface area contributed by atoms with Crippen LogP contribution in [0.15, 0.2) is 96.2 Å². The molecule has 1 N–H and O–H groups in total. The highest BCUT2D eigenvalue weighted by Gasteiger charge is 2.10. The van der Waals surface area contributed by atoms with Crippen LogP contribution in [-0.2, 0) is 6.54 Å². The minimum absolute atomic E-state index is 0.0288. The molecule has 0 spiro atoms. The van der Waals surface area contributed by atoms with Gasteiger partial charge >= 0.3 is 0 Å². The standard InChI is InChI=1S/C26H19N5O3/c32-26(25-13-14-30(29-25)17-18-9-11-21(12-10-18)31(33)34)28-27-16-24-22-7-3-1-5-19(22)15-20-6-2-4-8-23(20)24/h1-16H,17H2,(H,28,32)/b27-16+. The molecule has 0 aliphatic rings. The number of nitrogens with one attached hydrogen (secondary N) is 1. The van der Waals surface area contributed by atoms with Crippen LogP contribution in [0.2, 0.25) is 0 Å². The van der Waals surface area contributed by atoms with E-state index in [1.165, 1.54) is 12.1 Å². The average molecular weight is 449 g/mol. The van der Waals surface area contributed by atoms with Gasteiger partial charge in [0.15, 0.2) is 5.69 Å². The Kier molecular flexibility index (Phi) is 5.53. The van der Waals surface area contributed by atoms with Crippen molar-refractivity contribution < 1.29 is 9.72 Å². The van der Waals surface area contributed by atoms with Crippen LogP contribution in [0.3, 0.4) is 0 Å². The van der Waals surface area contributed by atoms with Crippen molar-refractivity contribution in [2.45, 2.75) is 6.54 Å². The van der Waals surface area contributed by atoms with Gasteiger partial charge in [0.2, 0.25) is 0 Å². The maximum Gasteiger partial charge on any atom is 0.291 e. The van der Waals surface area contributed by atoms with E-state index in [1.54, 1.807) is 35.3 Å². The van der Waals surface area contributed by atoms with E-state index in [0.29, 0.717) is 6.54 Å². The monoisotopic (exact) mass is 449 g/mol. The summed E-state index contributed by atoms with van der Waals surface area (Å²) in [4.78, 5) is 22.9. The topological polar surface area (TPSA) is 102 Å². The van der Waals surface area contributed by atoms with Gasteiger partial charge in [-0.25, -0.2) is 5.43 Å². The largest absolute Gasteiger partial charge is 0.291 e. The highest BCUT2D eigenvalue weighted by Crippen LogP contribution is 2.27. The molecular formula is C26H19N5O3. The number of amides is 1. The molecule has 0 aliphatic heterocycles. The van der Waals surface area contributed by atoms with E-state index in [4.69, 9.17) is 0 Å². The summed E-state index contributed by atoms with van der Waals surface area (Å²) >= 11 is 0. The first-order valence-corrected chi connectivity index (χ1v) is 10.6. The van der Waals surface area contributed by atoms with E-state index in [-0.39, 0.29) is 11.4 Å². The number of aromatic nitrogens is 2. The molecule has 166 valence electrons. The molecule has 4 aromatic carbocycles. The van der Waals surface area contributed by atoms with Gasteiger partial charge in [0, 0.05) is 23.9 Å². The second-order valence-corrected chi connectivity index (χ2v) is 7.75. The average Bonchev–Trinajstić information content (AvgIpc) is 3.32. The maximum atomic E-state index is 12.6. The number of hydrogen-bond donors (Lipinski definition) is 1. The molecule has 1 aromatic heterocycles. The molecule has 5 aromatic rings. The number of carbonyl (C=O) groups excluding carboxylic acids is 1. The number of rotatable bonds is 6. The van der Waals surface area contributed by atoms with Gasteiger partial charge < -0.3 is 0 Å². The van der Waals surface area contributed by atoms with Crippen molar-refractivity contribution >= 4 is 39.4 Å². The van der Waals surface area contributed by atoms with Crippen LogP contribution in [0.5, 0.6) is 0 Å². The van der Waals surface area contributed by atoms with Crippen LogP contribution in [0, 0.1) is 10.1 Å². The van der Waals surface area contributed by atoms with Gasteiger partial charge in [-0.05, 0) is 39.2 Å². The van der Waals surface area contributed by atoms with Crippen molar-refractivity contribution in [2.24, 2.45) is 5.10 Å². The van der Waals surface area contributed by atoms with Crippen LogP contribution >= 0.6 is 0 Å². The molecule has 8 nitrogen and oxygen atoms in total. The first kappa shape index (κ1) is 21.0. The number of hydrogen-bond acceptors (Lipinski definition) is 5. The van der Waals surface area contributed by atoms with Crippen molar-refractivity contribution in [1.29, 1.82) is 0 Å². The number of nitro groups is 1. The van der Waals surface area contributed by atoms with E-state index < -0.39 is 10.8 Å². The molecule has 5 rings (SSSR count). The predicted octanol–water partition coefficient (Wildman–Crippen LogP) is 4.91. The number of nitro benzene ring substituents is 1. The quantitative estimate of drug-likeness (QED) is 0.172. The summed E-state index contributed by atoms with van der Waals surface area (Å²) in [7, 11) is 0. The smallest absolute Gasteiger partial charge is 0.268 e. The second-order valence-electron chi connectivity index (χ2n) is 7.75. The number of benzene rings is 4. The van der Waals surface area contributed by atoms with Gasteiger partial charge in [0.25, 0.3) is 11.6 Å². The summed E-state index contributed by atoms with van der Waals surface area (Å²) in [6.07, 6.45) is 3.34. The zero-order chi connectivity index (χ0) is 23.5. The van der Waals surface area contributed by atoms with Gasteiger partial charge in [-0.15, -0.1) is 0 Å². The minimum atomic E-state index is -0.443. The van der Waals surface area contributed by atoms with Gasteiger partial charge in [-0.3, -0.25) is 19.6 Å². The number of carbonyl (C=O) groups is 1. The number of non-ortho nitro benzene ring substituents is 1. The third-order valence-corrected chi connectivity index (χ3v) is 5.54. The Morgan fingerprint density at radius 1 is 0.971 bits per heavy atom. The van der Waals surface area contributed by atoms with Crippen molar-refractivity contribution in [3.63, 3.8) is 0 Å². The summed E-state index contributed by atoms with van der Waals surface area (Å²) in [5.74, 6) is -0.428. The third kappa shape index (κ3) is 4.24. The molecule has 1 amide bonds. The van der Waals surface area contributed by atoms with Crippen LogP contribution in [0.25, 0.3) is 21.5 Å². The molecule has 8 heteroatoms. The Labute approximate surface area is 194 Å². The van der Waals surface area contributed by atoms with Crippen LogP contribution in [0.1, 0.15) is 21.6 Å². The molecule has 0 bridgehead atoms. The van der Waals surface area contributed by atoms with Gasteiger partial charge in [-0.2, -0.15) is 10.2 Å². The first-order chi connectivity index (χ1) is 16.6. The van der Waals surface area contributed by atoms with E-state index in [1.807, 2.05) is 36.4 Å². The molecule has 0 atom stereocenters. The first-order valence-electron chi connectivity index (χ1n) is 10.6. The molecule has 0 unspecified atom stereocenters. The van der Waals surface area contributed by atoms with E-state index >= 15 is 0 Å². The summed E-state index contributed by atoms with van der Waals surface area (Å²) in [5, 5.41) is 23.6. The number of hydrazone groups is 1. The number of nitrogens with zero attached hydrogens (tertiary/aromatic N) is 4. The minimum Gasteiger partial charge on any atom is -0.268 e. The highest BCUT2D eigenvalue weighted by molar-refractivity contribution is 6.13. The Morgan fingerprint density at radius 2 is 1.62 bits per heavy atom. The third-order valence-electron chi connectivity index (χ3n) is 5.54. The zero-order valence-corrected chi connectivity index (χ0v) is 18.0. The number of fused-ring (bicyclic) bond motifs is 2. The maximum absolute atomic E-state index is 12.6.